The molecule has 0 saturated carbocycles. The van der Waals surface area contributed by atoms with Crippen molar-refractivity contribution >= 4 is 9.24 Å². The van der Waals surface area contributed by atoms with E-state index in [1.54, 1.807) is 0 Å². The van der Waals surface area contributed by atoms with E-state index in [2.05, 4.69) is 22.4 Å². The van der Waals surface area contributed by atoms with Gasteiger partial charge in [0.05, 0.1) is 5.57 Å². The summed E-state index contributed by atoms with van der Waals surface area (Å²) in [6.07, 6.45) is -2.14. The van der Waals surface area contributed by atoms with Crippen LogP contribution in [-0.2, 0) is 0 Å². The van der Waals surface area contributed by atoms with Crippen molar-refractivity contribution in [1.29, 1.82) is 0 Å². The average Bonchev–Trinajstić information content (AvgIpc) is 1.97. The van der Waals surface area contributed by atoms with Gasteiger partial charge in [-0.2, -0.15) is 13.2 Å². The summed E-state index contributed by atoms with van der Waals surface area (Å²) >= 11 is 0. The highest BCUT2D eigenvalue weighted by Gasteiger charge is 2.31. The second kappa shape index (κ2) is 4.46. The number of hydrogen-bond donors (Lipinski definition) is 0. The van der Waals surface area contributed by atoms with E-state index in [0.717, 1.165) is 12.2 Å². The summed E-state index contributed by atoms with van der Waals surface area (Å²) in [7, 11) is 2.30. The molecule has 0 bridgehead atoms. The average molecular weight is 194 g/mol. The van der Waals surface area contributed by atoms with Gasteiger partial charge in [0.25, 0.3) is 0 Å². The fourth-order valence-corrected chi connectivity index (χ4v) is 0.653. The molecule has 0 N–H and O–H groups in total. The molecule has 0 aromatic carbocycles. The second-order valence-electron chi connectivity index (χ2n) is 2.16. The van der Waals surface area contributed by atoms with E-state index in [-0.39, 0.29) is 0 Å². The maximum atomic E-state index is 12.0. The number of hydrogen-bond acceptors (Lipinski definition) is 0. The molecule has 0 heterocycles. The second-order valence-corrected chi connectivity index (χ2v) is 2.57. The predicted octanol–water partition coefficient (Wildman–Crippen LogP) is 3.09. The number of allylic oxidation sites excluding steroid dienone is 4. The molecule has 1 unspecified atom stereocenters. The quantitative estimate of drug-likeness (QED) is 0.478. The highest BCUT2D eigenvalue weighted by Crippen LogP contribution is 2.27. The smallest absolute Gasteiger partial charge is 0.166 e. The summed E-state index contributed by atoms with van der Waals surface area (Å²) in [4.78, 5) is 0. The van der Waals surface area contributed by atoms with Crippen LogP contribution in [0, 0.1) is 0 Å². The van der Waals surface area contributed by atoms with Gasteiger partial charge in [0.2, 0.25) is 0 Å². The fourth-order valence-electron chi connectivity index (χ4n) is 0.535. The van der Waals surface area contributed by atoms with Gasteiger partial charge in [-0.25, -0.2) is 0 Å². The Kier molecular flexibility index (Phi) is 4.25. The molecule has 0 amide bonds. The Morgan fingerprint density at radius 1 is 1.42 bits per heavy atom. The summed E-state index contributed by atoms with van der Waals surface area (Å²) in [6.45, 7) is 6.51. The Morgan fingerprint density at radius 2 is 1.92 bits per heavy atom. The van der Waals surface area contributed by atoms with Crippen LogP contribution in [0.3, 0.4) is 0 Å². The van der Waals surface area contributed by atoms with Gasteiger partial charge in [-0.1, -0.05) is 24.8 Å². The van der Waals surface area contributed by atoms with Crippen molar-refractivity contribution in [3.05, 3.63) is 36.5 Å². The molecule has 0 nitrogen and oxygen atoms in total. The van der Waals surface area contributed by atoms with Gasteiger partial charge in [0.1, 0.15) is 0 Å². The molecule has 0 rings (SSSR count). The third-order valence-corrected chi connectivity index (χ3v) is 1.69. The molecule has 68 valence electrons. The Labute approximate surface area is 72.1 Å². The van der Waals surface area contributed by atoms with Gasteiger partial charge in [0, 0.05) is 0 Å². The lowest BCUT2D eigenvalue weighted by molar-refractivity contribution is -0.0881. The predicted molar refractivity (Wildman–Crippen MR) is 48.1 cm³/mol. The van der Waals surface area contributed by atoms with Crippen molar-refractivity contribution in [3.63, 3.8) is 0 Å². The summed E-state index contributed by atoms with van der Waals surface area (Å²) < 4.78 is 36.1. The van der Waals surface area contributed by atoms with E-state index in [1.165, 1.54) is 0 Å². The molecular formula is C8H10F3P. The van der Waals surface area contributed by atoms with Gasteiger partial charge >= 0.3 is 6.18 Å². The number of halogens is 3. The van der Waals surface area contributed by atoms with Crippen LogP contribution in [-0.4, -0.2) is 12.3 Å². The van der Waals surface area contributed by atoms with Crippen molar-refractivity contribution in [1.82, 2.24) is 0 Å². The van der Waals surface area contributed by atoms with Crippen LogP contribution in [0.1, 0.15) is 0 Å². The van der Waals surface area contributed by atoms with Crippen LogP contribution in [0.4, 0.5) is 13.2 Å². The summed E-state index contributed by atoms with van der Waals surface area (Å²) in [5, 5.41) is 0. The van der Waals surface area contributed by atoms with Crippen LogP contribution in [0.2, 0.25) is 0 Å². The first-order chi connectivity index (χ1) is 5.41. The molecule has 0 fully saturated rings. The minimum absolute atomic E-state index is 0.409. The zero-order valence-corrected chi connectivity index (χ0v) is 7.64. The van der Waals surface area contributed by atoms with E-state index >= 15 is 0 Å². The molecule has 0 spiro atoms. The lowest BCUT2D eigenvalue weighted by Gasteiger charge is -2.07. The highest BCUT2D eigenvalue weighted by molar-refractivity contribution is 7.16. The zero-order chi connectivity index (χ0) is 9.78. The van der Waals surface area contributed by atoms with Crippen molar-refractivity contribution in [2.24, 2.45) is 0 Å². The molecule has 0 aliphatic heterocycles. The van der Waals surface area contributed by atoms with Crippen LogP contribution in [0.25, 0.3) is 0 Å². The van der Waals surface area contributed by atoms with Gasteiger partial charge in [-0.05, 0) is 12.2 Å². The van der Waals surface area contributed by atoms with Crippen LogP contribution < -0.4 is 0 Å². The van der Waals surface area contributed by atoms with Crippen molar-refractivity contribution < 1.29 is 13.2 Å². The SMILES string of the molecule is C=C/C(=C\C(=C)CP)C(F)(F)F. The zero-order valence-electron chi connectivity index (χ0n) is 6.49. The Hall–Kier alpha value is -0.560. The van der Waals surface area contributed by atoms with Gasteiger partial charge in [-0.3, -0.25) is 0 Å². The van der Waals surface area contributed by atoms with E-state index in [4.69, 9.17) is 0 Å². The Bertz CT molecular complexity index is 213. The van der Waals surface area contributed by atoms with E-state index in [1.807, 2.05) is 0 Å². The van der Waals surface area contributed by atoms with Crippen LogP contribution in [0.5, 0.6) is 0 Å². The first-order valence-corrected chi connectivity index (χ1v) is 4.02. The third-order valence-electron chi connectivity index (χ3n) is 1.17. The first kappa shape index (κ1) is 11.4. The van der Waals surface area contributed by atoms with Crippen LogP contribution >= 0.6 is 9.24 Å². The van der Waals surface area contributed by atoms with E-state index in [9.17, 15) is 13.2 Å². The lowest BCUT2D eigenvalue weighted by atomic mass is 10.2. The fraction of sp³-hybridized carbons (Fsp3) is 0.250. The molecule has 0 saturated heterocycles. The minimum atomic E-state index is -4.33. The molecular weight excluding hydrogens is 184 g/mol. The Morgan fingerprint density at radius 3 is 2.17 bits per heavy atom. The number of alkyl halides is 3. The topological polar surface area (TPSA) is 0 Å². The molecule has 1 atom stereocenters. The first-order valence-electron chi connectivity index (χ1n) is 3.21. The molecule has 12 heavy (non-hydrogen) atoms. The minimum Gasteiger partial charge on any atom is -0.166 e. The monoisotopic (exact) mass is 194 g/mol. The summed E-state index contributed by atoms with van der Waals surface area (Å²) in [5.74, 6) is 0. The normalized spacial score (nSPS) is 12.8. The van der Waals surface area contributed by atoms with Crippen molar-refractivity contribution in [2.75, 3.05) is 6.16 Å². The van der Waals surface area contributed by atoms with Crippen molar-refractivity contribution in [3.8, 4) is 0 Å². The largest absolute Gasteiger partial charge is 0.416 e. The molecule has 0 aromatic heterocycles. The van der Waals surface area contributed by atoms with Gasteiger partial charge in [-0.15, -0.1) is 9.24 Å². The third kappa shape index (κ3) is 3.72. The molecule has 4 heteroatoms. The summed E-state index contributed by atoms with van der Waals surface area (Å²) in [6, 6.07) is 0. The molecule has 0 aliphatic rings. The maximum Gasteiger partial charge on any atom is 0.416 e. The maximum absolute atomic E-state index is 12.0. The Balaban J connectivity index is 4.67. The standard InChI is InChI=1S/C8H10F3P/c1-3-7(8(9,10)11)4-6(2)5-12/h3-4H,1-2,5,12H2/b7-4+. The van der Waals surface area contributed by atoms with Gasteiger partial charge < -0.3 is 0 Å². The molecule has 0 aliphatic carbocycles. The lowest BCUT2D eigenvalue weighted by Crippen LogP contribution is -2.09. The summed E-state index contributed by atoms with van der Waals surface area (Å²) in [5.41, 5.74) is -0.345. The van der Waals surface area contributed by atoms with E-state index in [0.29, 0.717) is 11.7 Å². The molecule has 0 aromatic rings. The van der Waals surface area contributed by atoms with E-state index < -0.39 is 11.7 Å². The molecule has 0 radical (unpaired) electrons. The highest BCUT2D eigenvalue weighted by atomic mass is 31.0. The van der Waals surface area contributed by atoms with Crippen molar-refractivity contribution in [2.45, 2.75) is 6.18 Å². The van der Waals surface area contributed by atoms with Crippen LogP contribution in [0.15, 0.2) is 36.5 Å². The number of rotatable bonds is 3. The van der Waals surface area contributed by atoms with Gasteiger partial charge in [0.15, 0.2) is 0 Å².